The van der Waals surface area contributed by atoms with Gasteiger partial charge in [-0.05, 0) is 13.8 Å². The number of carboxylic acids is 1. The second-order valence-electron chi connectivity index (χ2n) is 4.60. The van der Waals surface area contributed by atoms with E-state index in [0.717, 1.165) is 12.3 Å². The average molecular weight is 290 g/mol. The number of aromatic nitrogens is 1. The lowest BCUT2D eigenvalue weighted by atomic mass is 10.2. The monoisotopic (exact) mass is 290 g/mol. The first-order valence-corrected chi connectivity index (χ1v) is 7.11. The largest absolute Gasteiger partial charge is 0.475 e. The predicted molar refractivity (Wildman–Crippen MR) is 64.7 cm³/mol. The van der Waals surface area contributed by atoms with Crippen LogP contribution in [0.2, 0.25) is 0 Å². The van der Waals surface area contributed by atoms with E-state index in [9.17, 15) is 18.0 Å². The summed E-state index contributed by atoms with van der Waals surface area (Å²) in [6.07, 6.45) is 1.07. The van der Waals surface area contributed by atoms with Crippen LogP contribution in [0.1, 0.15) is 34.9 Å². The lowest BCUT2D eigenvalue weighted by molar-refractivity contribution is 0.0651. The number of sulfone groups is 1. The molecule has 0 aliphatic heterocycles. The molecular formula is C10H14N2O6S. The molecule has 0 radical (unpaired) electrons. The number of nitrogens with zero attached hydrogens (tertiary/aromatic N) is 1. The van der Waals surface area contributed by atoms with E-state index in [4.69, 9.17) is 5.11 Å². The average Bonchev–Trinajstić information content (AvgIpc) is 2.73. The summed E-state index contributed by atoms with van der Waals surface area (Å²) in [5.74, 6) is -2.51. The molecule has 0 saturated carbocycles. The van der Waals surface area contributed by atoms with Gasteiger partial charge in [0, 0.05) is 18.9 Å². The van der Waals surface area contributed by atoms with E-state index in [0.29, 0.717) is 0 Å². The van der Waals surface area contributed by atoms with Crippen LogP contribution in [0.3, 0.4) is 0 Å². The smallest absolute Gasteiger partial charge is 0.374 e. The van der Waals surface area contributed by atoms with Gasteiger partial charge in [-0.2, -0.15) is 0 Å². The van der Waals surface area contributed by atoms with E-state index < -0.39 is 32.2 Å². The third-order valence-electron chi connectivity index (χ3n) is 2.63. The van der Waals surface area contributed by atoms with Gasteiger partial charge in [0.1, 0.15) is 0 Å². The zero-order valence-electron chi connectivity index (χ0n) is 10.6. The van der Waals surface area contributed by atoms with Crippen molar-refractivity contribution < 1.29 is 27.6 Å². The van der Waals surface area contributed by atoms with Crippen molar-refractivity contribution >= 4 is 21.7 Å². The van der Waals surface area contributed by atoms with Crippen LogP contribution in [-0.2, 0) is 9.84 Å². The fourth-order valence-corrected chi connectivity index (χ4v) is 1.33. The molecule has 0 aliphatic rings. The fraction of sp³-hybridized carbons (Fsp3) is 0.500. The Kier molecular flexibility index (Phi) is 3.99. The van der Waals surface area contributed by atoms with E-state index in [-0.39, 0.29) is 12.2 Å². The first-order valence-electron chi connectivity index (χ1n) is 5.22. The molecule has 106 valence electrons. The highest BCUT2D eigenvalue weighted by atomic mass is 32.2. The van der Waals surface area contributed by atoms with Gasteiger partial charge in [-0.15, -0.1) is 0 Å². The molecule has 0 atom stereocenters. The Morgan fingerprint density at radius 3 is 2.47 bits per heavy atom. The van der Waals surface area contributed by atoms with Crippen LogP contribution >= 0.6 is 0 Å². The molecule has 8 nitrogen and oxygen atoms in total. The molecule has 0 aromatic carbocycles. The van der Waals surface area contributed by atoms with Crippen molar-refractivity contribution in [3.63, 3.8) is 0 Å². The van der Waals surface area contributed by atoms with Gasteiger partial charge in [0.25, 0.3) is 5.91 Å². The molecule has 9 heteroatoms. The van der Waals surface area contributed by atoms with Gasteiger partial charge in [-0.1, -0.05) is 5.16 Å². The quantitative estimate of drug-likeness (QED) is 0.776. The number of rotatable bonds is 5. The van der Waals surface area contributed by atoms with E-state index >= 15 is 0 Å². The molecule has 1 aromatic heterocycles. The molecule has 1 heterocycles. The summed E-state index contributed by atoms with van der Waals surface area (Å²) in [7, 11) is -3.34. The van der Waals surface area contributed by atoms with Crippen LogP contribution in [0, 0.1) is 0 Å². The maximum absolute atomic E-state index is 11.6. The van der Waals surface area contributed by atoms with Gasteiger partial charge in [0.15, 0.2) is 15.5 Å². The molecule has 0 aliphatic carbocycles. The topological polar surface area (TPSA) is 127 Å². The Balaban J connectivity index is 2.73. The standard InChI is InChI=1S/C10H14N2O6S/c1-10(2,19(3,16)17)5-11-8(13)6-4-7(9(14)15)18-12-6/h4H,5H2,1-3H3,(H,11,13)(H,14,15). The van der Waals surface area contributed by atoms with Crippen LogP contribution in [0.5, 0.6) is 0 Å². The molecular weight excluding hydrogens is 276 g/mol. The Bertz CT molecular complexity index is 601. The number of aromatic carboxylic acids is 1. The molecule has 0 fully saturated rings. The normalized spacial score (nSPS) is 12.2. The van der Waals surface area contributed by atoms with Gasteiger partial charge >= 0.3 is 5.97 Å². The van der Waals surface area contributed by atoms with Gasteiger partial charge in [0.2, 0.25) is 5.76 Å². The molecule has 2 N–H and O–H groups in total. The number of carbonyl (C=O) groups excluding carboxylic acids is 1. The zero-order valence-corrected chi connectivity index (χ0v) is 11.4. The van der Waals surface area contributed by atoms with Gasteiger partial charge in [-0.25, -0.2) is 13.2 Å². The lowest BCUT2D eigenvalue weighted by Gasteiger charge is -2.22. The zero-order chi connectivity index (χ0) is 14.8. The molecule has 1 amide bonds. The summed E-state index contributed by atoms with van der Waals surface area (Å²) in [6.45, 7) is 2.81. The highest BCUT2D eigenvalue weighted by Gasteiger charge is 2.31. The highest BCUT2D eigenvalue weighted by Crippen LogP contribution is 2.13. The van der Waals surface area contributed by atoms with Crippen LogP contribution in [0.15, 0.2) is 10.6 Å². The van der Waals surface area contributed by atoms with E-state index in [1.807, 2.05) is 0 Å². The molecule has 1 rings (SSSR count). The lowest BCUT2D eigenvalue weighted by Crippen LogP contribution is -2.43. The number of hydrogen-bond acceptors (Lipinski definition) is 6. The number of hydrogen-bond donors (Lipinski definition) is 2. The molecule has 1 aromatic rings. The molecule has 0 bridgehead atoms. The number of carboxylic acid groups (broad SMARTS) is 1. The minimum atomic E-state index is -3.34. The van der Waals surface area contributed by atoms with Gasteiger partial charge < -0.3 is 14.9 Å². The molecule has 19 heavy (non-hydrogen) atoms. The number of nitrogens with one attached hydrogen (secondary N) is 1. The SMILES string of the molecule is CC(C)(CNC(=O)c1cc(C(=O)O)on1)S(C)(=O)=O. The fourth-order valence-electron chi connectivity index (χ4n) is 0.998. The predicted octanol–water partition coefficient (Wildman–Crippen LogP) is -0.0742. The first-order chi connectivity index (χ1) is 8.54. The summed E-state index contributed by atoms with van der Waals surface area (Å²) in [4.78, 5) is 22.2. The Hall–Kier alpha value is -1.90. The van der Waals surface area contributed by atoms with Crippen molar-refractivity contribution in [1.82, 2.24) is 10.5 Å². The summed E-state index contributed by atoms with van der Waals surface area (Å²) >= 11 is 0. The van der Waals surface area contributed by atoms with Crippen LogP contribution in [0.4, 0.5) is 0 Å². The second kappa shape index (κ2) is 5.00. The van der Waals surface area contributed by atoms with Gasteiger partial charge in [-0.3, -0.25) is 4.79 Å². The second-order valence-corrected chi connectivity index (χ2v) is 7.25. The summed E-state index contributed by atoms with van der Waals surface area (Å²) in [5.41, 5.74) is -0.221. The third kappa shape index (κ3) is 3.53. The Morgan fingerprint density at radius 1 is 1.47 bits per heavy atom. The summed E-state index contributed by atoms with van der Waals surface area (Å²) in [6, 6.07) is 0.963. The minimum Gasteiger partial charge on any atom is -0.475 e. The van der Waals surface area contributed by atoms with Gasteiger partial charge in [0.05, 0.1) is 4.75 Å². The van der Waals surface area contributed by atoms with Crippen molar-refractivity contribution in [2.45, 2.75) is 18.6 Å². The molecule has 0 saturated heterocycles. The van der Waals surface area contributed by atoms with Crippen molar-refractivity contribution in [1.29, 1.82) is 0 Å². The molecule has 0 unspecified atom stereocenters. The van der Waals surface area contributed by atoms with E-state index in [1.165, 1.54) is 13.8 Å². The third-order valence-corrected chi connectivity index (χ3v) is 4.78. The number of amides is 1. The van der Waals surface area contributed by atoms with Crippen molar-refractivity contribution in [3.05, 3.63) is 17.5 Å². The first kappa shape index (κ1) is 15.2. The van der Waals surface area contributed by atoms with Crippen LogP contribution in [0.25, 0.3) is 0 Å². The highest BCUT2D eigenvalue weighted by molar-refractivity contribution is 7.92. The van der Waals surface area contributed by atoms with Crippen LogP contribution in [-0.4, -0.2) is 48.1 Å². The van der Waals surface area contributed by atoms with Crippen molar-refractivity contribution in [3.8, 4) is 0 Å². The Morgan fingerprint density at radius 2 is 2.05 bits per heavy atom. The van der Waals surface area contributed by atoms with E-state index in [1.54, 1.807) is 0 Å². The molecule has 0 spiro atoms. The minimum absolute atomic E-state index is 0.125. The van der Waals surface area contributed by atoms with E-state index in [2.05, 4.69) is 15.0 Å². The number of carbonyl (C=O) groups is 2. The summed E-state index contributed by atoms with van der Waals surface area (Å²) in [5, 5.41) is 14.2. The Labute approximate surface area is 109 Å². The maximum atomic E-state index is 11.6. The summed E-state index contributed by atoms with van der Waals surface area (Å²) < 4.78 is 26.1. The maximum Gasteiger partial charge on any atom is 0.374 e. The van der Waals surface area contributed by atoms with Crippen molar-refractivity contribution in [2.24, 2.45) is 0 Å². The van der Waals surface area contributed by atoms with Crippen molar-refractivity contribution in [2.75, 3.05) is 12.8 Å². The van der Waals surface area contributed by atoms with Crippen LogP contribution < -0.4 is 5.32 Å².